The zero-order chi connectivity index (χ0) is 28.1. The van der Waals surface area contributed by atoms with Crippen LogP contribution in [0.15, 0.2) is 42.7 Å². The van der Waals surface area contributed by atoms with Gasteiger partial charge in [-0.15, -0.1) is 0 Å². The number of piperazine rings is 1. The number of carbonyl (C=O) groups is 1. The van der Waals surface area contributed by atoms with Crippen LogP contribution in [0.1, 0.15) is 6.92 Å². The smallest absolute Gasteiger partial charge is 0.327 e. The molecule has 2 heterocycles. The zero-order valence-corrected chi connectivity index (χ0v) is 23.7. The van der Waals surface area contributed by atoms with Crippen molar-refractivity contribution in [1.29, 1.82) is 0 Å². The number of amides is 2. The number of nitrogens with one attached hydrogen (secondary N) is 1. The number of benzene rings is 2. The molecule has 2 N–H and O–H groups in total. The Morgan fingerprint density at radius 2 is 1.59 bits per heavy atom. The Hall–Kier alpha value is -3.51. The largest absolute Gasteiger partial charge is 0.495 e. The molecule has 0 saturated carbocycles. The third-order valence-electron chi connectivity index (χ3n) is 6.59. The predicted molar refractivity (Wildman–Crippen MR) is 154 cm³/mol. The Morgan fingerprint density at radius 1 is 1.00 bits per heavy atom. The number of nitrogens with zero attached hydrogens (tertiary/aromatic N) is 6. The molecule has 1 aliphatic rings. The van der Waals surface area contributed by atoms with E-state index in [-0.39, 0.29) is 38.9 Å². The Morgan fingerprint density at radius 3 is 2.15 bits per heavy atom. The van der Waals surface area contributed by atoms with Gasteiger partial charge in [-0.2, -0.15) is 0 Å². The molecule has 0 unspecified atom stereocenters. The molecule has 2 aromatic carbocycles. The molecule has 4 rings (SSSR count). The molecule has 1 fully saturated rings. The van der Waals surface area contributed by atoms with E-state index in [1.165, 1.54) is 44.6 Å². The van der Waals surface area contributed by atoms with Crippen molar-refractivity contribution in [2.24, 2.45) is 0 Å². The molecule has 0 atom stereocenters. The van der Waals surface area contributed by atoms with Gasteiger partial charge in [-0.1, -0.05) is 30.1 Å². The molecule has 0 bridgehead atoms. The van der Waals surface area contributed by atoms with Gasteiger partial charge in [0.2, 0.25) is 0 Å². The SMILES string of the molecule is CCN1CCN(c2ccc(N(O)c3cc(N(C)C(=O)Nc4c(Cl)c(OC)cc(OC)c4Cl)ncn3)cc2)CC1. The van der Waals surface area contributed by atoms with Crippen molar-refractivity contribution in [2.45, 2.75) is 6.92 Å². The molecule has 13 heteroatoms. The lowest BCUT2D eigenvalue weighted by atomic mass is 10.2. The first-order valence-corrected chi connectivity index (χ1v) is 13.1. The van der Waals surface area contributed by atoms with Crippen molar-refractivity contribution in [2.75, 3.05) is 74.2 Å². The highest BCUT2D eigenvalue weighted by Crippen LogP contribution is 2.44. The van der Waals surface area contributed by atoms with Crippen molar-refractivity contribution in [3.05, 3.63) is 52.8 Å². The van der Waals surface area contributed by atoms with Crippen molar-refractivity contribution in [3.63, 3.8) is 0 Å². The van der Waals surface area contributed by atoms with Crippen LogP contribution < -0.4 is 29.7 Å². The van der Waals surface area contributed by atoms with Crippen LogP contribution in [-0.4, -0.2) is 80.1 Å². The van der Waals surface area contributed by atoms with Gasteiger partial charge in [-0.25, -0.2) is 19.8 Å². The molecule has 0 spiro atoms. The zero-order valence-electron chi connectivity index (χ0n) is 22.2. The van der Waals surface area contributed by atoms with Gasteiger partial charge in [0, 0.05) is 51.0 Å². The number of urea groups is 1. The topological polar surface area (TPSA) is 107 Å². The van der Waals surface area contributed by atoms with Crippen molar-refractivity contribution in [3.8, 4) is 11.5 Å². The molecular formula is C26H31Cl2N7O4. The molecule has 2 amide bonds. The van der Waals surface area contributed by atoms with E-state index in [0.29, 0.717) is 5.69 Å². The summed E-state index contributed by atoms with van der Waals surface area (Å²) in [5, 5.41) is 14.7. The number of ether oxygens (including phenoxy) is 2. The van der Waals surface area contributed by atoms with Crippen LogP contribution in [0.3, 0.4) is 0 Å². The third-order valence-corrected chi connectivity index (χ3v) is 7.34. The number of carbonyl (C=O) groups excluding carboxylic acids is 1. The van der Waals surface area contributed by atoms with Gasteiger partial charge in [-0.05, 0) is 30.8 Å². The van der Waals surface area contributed by atoms with Gasteiger partial charge in [0.1, 0.15) is 33.7 Å². The lowest BCUT2D eigenvalue weighted by molar-refractivity contribution is 0.258. The number of hydrogen-bond donors (Lipinski definition) is 2. The number of likely N-dealkylation sites (N-methyl/N-ethyl adjacent to an activating group) is 1. The second kappa shape index (κ2) is 12.6. The molecule has 0 radical (unpaired) electrons. The van der Waals surface area contributed by atoms with E-state index in [4.69, 9.17) is 32.7 Å². The fraction of sp³-hybridized carbons (Fsp3) is 0.346. The van der Waals surface area contributed by atoms with E-state index in [9.17, 15) is 10.0 Å². The van der Waals surface area contributed by atoms with Gasteiger partial charge < -0.3 is 24.6 Å². The molecular weight excluding hydrogens is 545 g/mol. The summed E-state index contributed by atoms with van der Waals surface area (Å²) in [6.45, 7) is 7.20. The molecule has 1 aromatic heterocycles. The average molecular weight is 576 g/mol. The van der Waals surface area contributed by atoms with Crippen LogP contribution >= 0.6 is 23.2 Å². The fourth-order valence-corrected chi connectivity index (χ4v) is 4.78. The Kier molecular flexibility index (Phi) is 9.18. The van der Waals surface area contributed by atoms with E-state index in [1.807, 2.05) is 24.3 Å². The lowest BCUT2D eigenvalue weighted by Crippen LogP contribution is -2.46. The molecule has 0 aliphatic carbocycles. The maximum atomic E-state index is 13.1. The molecule has 11 nitrogen and oxygen atoms in total. The maximum absolute atomic E-state index is 13.1. The summed E-state index contributed by atoms with van der Waals surface area (Å²) in [5.74, 6) is 0.975. The minimum atomic E-state index is -0.587. The molecule has 39 heavy (non-hydrogen) atoms. The number of methoxy groups -OCH3 is 2. The Bertz CT molecular complexity index is 1280. The van der Waals surface area contributed by atoms with E-state index < -0.39 is 6.03 Å². The van der Waals surface area contributed by atoms with Crippen LogP contribution in [0.25, 0.3) is 0 Å². The third kappa shape index (κ3) is 6.22. The minimum absolute atomic E-state index is 0.116. The molecule has 1 saturated heterocycles. The van der Waals surface area contributed by atoms with Crippen molar-refractivity contribution >= 4 is 57.9 Å². The molecule has 208 valence electrons. The summed E-state index contributed by atoms with van der Waals surface area (Å²) in [6.07, 6.45) is 1.26. The van der Waals surface area contributed by atoms with Crippen LogP contribution in [0.4, 0.5) is 33.5 Å². The quantitative estimate of drug-likeness (QED) is 0.353. The maximum Gasteiger partial charge on any atom is 0.327 e. The van der Waals surface area contributed by atoms with E-state index >= 15 is 0 Å². The first kappa shape index (κ1) is 28.5. The number of rotatable bonds is 8. The second-order valence-electron chi connectivity index (χ2n) is 8.76. The fourth-order valence-electron chi connectivity index (χ4n) is 4.19. The number of halogens is 2. The van der Waals surface area contributed by atoms with Crippen LogP contribution in [0.5, 0.6) is 11.5 Å². The number of aromatic nitrogens is 2. The minimum Gasteiger partial charge on any atom is -0.495 e. The normalized spacial score (nSPS) is 13.7. The van der Waals surface area contributed by atoms with Gasteiger partial charge >= 0.3 is 6.03 Å². The highest BCUT2D eigenvalue weighted by Gasteiger charge is 2.22. The van der Waals surface area contributed by atoms with Gasteiger partial charge in [0.05, 0.1) is 25.6 Å². The number of hydrogen-bond acceptors (Lipinski definition) is 9. The molecule has 1 aliphatic heterocycles. The standard InChI is InChI=1S/C26H31Cl2N7O4/c1-5-33-10-12-34(13-11-33)17-6-8-18(9-7-17)35(37)22-15-21(29-16-30-22)32(2)26(36)31-25-23(27)19(38-3)14-20(39-4)24(25)28/h6-9,14-16,37H,5,10-13H2,1-4H3,(H,31,36). The van der Waals surface area contributed by atoms with Gasteiger partial charge in [0.25, 0.3) is 0 Å². The summed E-state index contributed by atoms with van der Waals surface area (Å²) in [6, 6.07) is 9.99. The van der Waals surface area contributed by atoms with Crippen LogP contribution in [0, 0.1) is 0 Å². The summed E-state index contributed by atoms with van der Waals surface area (Å²) < 4.78 is 10.5. The van der Waals surface area contributed by atoms with Crippen molar-refractivity contribution in [1.82, 2.24) is 14.9 Å². The Balaban J connectivity index is 1.48. The summed E-state index contributed by atoms with van der Waals surface area (Å²) in [7, 11) is 4.39. The van der Waals surface area contributed by atoms with E-state index in [1.54, 1.807) is 0 Å². The Labute approximate surface area is 237 Å². The monoisotopic (exact) mass is 575 g/mol. The summed E-state index contributed by atoms with van der Waals surface area (Å²) in [4.78, 5) is 27.4. The first-order chi connectivity index (χ1) is 18.8. The van der Waals surface area contributed by atoms with Crippen LogP contribution in [-0.2, 0) is 0 Å². The first-order valence-electron chi connectivity index (χ1n) is 12.3. The summed E-state index contributed by atoms with van der Waals surface area (Å²) >= 11 is 12.8. The average Bonchev–Trinajstić information content (AvgIpc) is 2.98. The molecule has 3 aromatic rings. The van der Waals surface area contributed by atoms with Crippen LogP contribution in [0.2, 0.25) is 10.0 Å². The number of anilines is 5. The lowest BCUT2D eigenvalue weighted by Gasteiger charge is -2.35. The summed E-state index contributed by atoms with van der Waals surface area (Å²) in [5.41, 5.74) is 1.74. The van der Waals surface area contributed by atoms with E-state index in [2.05, 4.69) is 32.0 Å². The van der Waals surface area contributed by atoms with Gasteiger partial charge in [-0.3, -0.25) is 10.1 Å². The highest BCUT2D eigenvalue weighted by molar-refractivity contribution is 6.41. The predicted octanol–water partition coefficient (Wildman–Crippen LogP) is 5.14. The highest BCUT2D eigenvalue weighted by atomic mass is 35.5. The van der Waals surface area contributed by atoms with E-state index in [0.717, 1.165) is 43.5 Å². The van der Waals surface area contributed by atoms with Gasteiger partial charge in [0.15, 0.2) is 5.82 Å². The van der Waals surface area contributed by atoms with Crippen molar-refractivity contribution < 1.29 is 19.5 Å². The second-order valence-corrected chi connectivity index (χ2v) is 9.51.